The fraction of sp³-hybridized carbons (Fsp3) is 0.600. The van der Waals surface area contributed by atoms with E-state index in [0.717, 1.165) is 22.1 Å². The Bertz CT molecular complexity index is 1550. The molecule has 4 nitrogen and oxygen atoms in total. The van der Waals surface area contributed by atoms with Crippen LogP contribution in [0, 0.1) is 17.3 Å². The molecule has 2 aromatic carbocycles. The van der Waals surface area contributed by atoms with Gasteiger partial charge in [-0.1, -0.05) is 47.7 Å². The molecule has 0 radical (unpaired) electrons. The zero-order valence-corrected chi connectivity index (χ0v) is 27.1. The predicted octanol–water partition coefficient (Wildman–Crippen LogP) is 9.22. The third kappa shape index (κ3) is 5.54. The summed E-state index contributed by atoms with van der Waals surface area (Å²) in [6.07, 6.45) is -5.98. The molecule has 5 rings (SSSR count). The number of benzene rings is 2. The molecule has 2 saturated carbocycles. The Balaban J connectivity index is 1.49. The molecule has 0 unspecified atom stereocenters. The zero-order valence-electron chi connectivity index (χ0n) is 24.1. The molecule has 0 heterocycles. The third-order valence-corrected chi connectivity index (χ3v) is 11.6. The Morgan fingerprint density at radius 1 is 0.891 bits per heavy atom. The van der Waals surface area contributed by atoms with Crippen molar-refractivity contribution >= 4 is 32.7 Å². The van der Waals surface area contributed by atoms with Gasteiger partial charge in [0.15, 0.2) is 0 Å². The van der Waals surface area contributed by atoms with Gasteiger partial charge in [0, 0.05) is 9.84 Å². The molecule has 2 fully saturated rings. The van der Waals surface area contributed by atoms with E-state index in [9.17, 15) is 47.9 Å². The summed E-state index contributed by atoms with van der Waals surface area (Å²) in [5.41, 5.74) is 1.33. The third-order valence-electron chi connectivity index (χ3n) is 9.88. The highest BCUT2D eigenvalue weighted by molar-refractivity contribution is 14.1. The van der Waals surface area contributed by atoms with Crippen molar-refractivity contribution in [2.75, 3.05) is 11.0 Å². The average molecular weight is 803 g/mol. The summed E-state index contributed by atoms with van der Waals surface area (Å²) in [6, 6.07) is 10.6. The topological polar surface area (TPSA) is 52.6 Å². The van der Waals surface area contributed by atoms with E-state index in [4.69, 9.17) is 4.74 Å². The smallest absolute Gasteiger partial charge is 0.460 e. The minimum atomic E-state index is -7.40. The van der Waals surface area contributed by atoms with Crippen LogP contribution in [0.2, 0.25) is 0 Å². The van der Waals surface area contributed by atoms with Crippen molar-refractivity contribution in [1.82, 2.24) is 0 Å². The summed E-state index contributed by atoms with van der Waals surface area (Å²) in [4.78, 5) is 0. The lowest BCUT2D eigenvalue weighted by molar-refractivity contribution is -0.382. The van der Waals surface area contributed by atoms with Crippen LogP contribution >= 0.6 is 22.6 Å². The first-order chi connectivity index (χ1) is 21.2. The molecule has 6 atom stereocenters. The van der Waals surface area contributed by atoms with Crippen LogP contribution in [0.15, 0.2) is 42.5 Å². The van der Waals surface area contributed by atoms with E-state index in [2.05, 4.69) is 26.8 Å². The molecule has 46 heavy (non-hydrogen) atoms. The molecule has 0 spiro atoms. The lowest BCUT2D eigenvalue weighted by Gasteiger charge is -2.53. The Morgan fingerprint density at radius 2 is 1.52 bits per heavy atom. The van der Waals surface area contributed by atoms with Crippen molar-refractivity contribution in [3.05, 3.63) is 59.2 Å². The van der Waals surface area contributed by atoms with Gasteiger partial charge in [-0.2, -0.15) is 47.9 Å². The van der Waals surface area contributed by atoms with Gasteiger partial charge in [-0.25, -0.2) is 4.39 Å². The van der Waals surface area contributed by atoms with E-state index in [1.807, 2.05) is 19.1 Å². The predicted molar refractivity (Wildman–Crippen MR) is 155 cm³/mol. The number of halogens is 11. The second-order valence-electron chi connectivity index (χ2n) is 12.4. The van der Waals surface area contributed by atoms with Crippen LogP contribution in [0.4, 0.5) is 43.9 Å². The van der Waals surface area contributed by atoms with E-state index in [-0.39, 0.29) is 30.1 Å². The Kier molecular flexibility index (Phi) is 9.11. The van der Waals surface area contributed by atoms with Gasteiger partial charge in [0.2, 0.25) is 0 Å². The largest absolute Gasteiger partial charge is 0.493 e. The molecule has 0 bridgehead atoms. The Hall–Kier alpha value is -1.98. The van der Waals surface area contributed by atoms with Crippen LogP contribution in [0.3, 0.4) is 0 Å². The maximum Gasteiger partial charge on any atom is 0.460 e. The molecule has 0 amide bonds. The molecule has 0 saturated heterocycles. The van der Waals surface area contributed by atoms with Crippen molar-refractivity contribution in [3.8, 4) is 11.5 Å². The molecule has 3 aliphatic carbocycles. The molecular weight excluding hydrogens is 773 g/mol. The fourth-order valence-corrected chi connectivity index (χ4v) is 8.79. The van der Waals surface area contributed by atoms with Crippen molar-refractivity contribution in [2.45, 2.75) is 80.3 Å². The minimum absolute atomic E-state index is 0.00990. The first kappa shape index (κ1) is 35.3. The first-order valence-corrected chi connectivity index (χ1v) is 17.3. The van der Waals surface area contributed by atoms with Crippen LogP contribution in [0.5, 0.6) is 11.5 Å². The van der Waals surface area contributed by atoms with E-state index in [1.165, 1.54) is 6.07 Å². The number of aryl methyl sites for hydroxylation is 1. The number of hydrogen-bond donors (Lipinski definition) is 0. The van der Waals surface area contributed by atoms with E-state index in [1.54, 1.807) is 12.1 Å². The summed E-state index contributed by atoms with van der Waals surface area (Å²) in [7, 11) is -7.07. The molecule has 0 aliphatic heterocycles. The van der Waals surface area contributed by atoms with Gasteiger partial charge in [0.05, 0.1) is 6.61 Å². The van der Waals surface area contributed by atoms with Crippen molar-refractivity contribution in [3.63, 3.8) is 0 Å². The summed E-state index contributed by atoms with van der Waals surface area (Å²) < 4.78 is 171. The van der Waals surface area contributed by atoms with Gasteiger partial charge in [-0.05, 0) is 96.7 Å². The van der Waals surface area contributed by atoms with Crippen molar-refractivity contribution in [1.29, 1.82) is 0 Å². The second kappa shape index (κ2) is 11.9. The van der Waals surface area contributed by atoms with Gasteiger partial charge in [0.25, 0.3) is 0 Å². The number of rotatable bonds is 9. The number of fused-ring (bicyclic) bond motifs is 5. The summed E-state index contributed by atoms with van der Waals surface area (Å²) in [5.74, 6) is -15.6. The monoisotopic (exact) mass is 802 g/mol. The average Bonchev–Trinajstić information content (AvgIpc) is 3.28. The minimum Gasteiger partial charge on any atom is -0.493 e. The highest BCUT2D eigenvalue weighted by Gasteiger charge is 2.86. The lowest BCUT2D eigenvalue weighted by Crippen LogP contribution is -2.63. The molecule has 2 aromatic rings. The van der Waals surface area contributed by atoms with Crippen LogP contribution < -0.4 is 8.92 Å². The van der Waals surface area contributed by atoms with Crippen molar-refractivity contribution in [2.24, 2.45) is 17.3 Å². The molecule has 0 N–H and O–H groups in total. The summed E-state index contributed by atoms with van der Waals surface area (Å²) >= 11 is 2.17. The van der Waals surface area contributed by atoms with Gasteiger partial charge in [-0.3, -0.25) is 0 Å². The number of hydrogen-bond acceptors (Lipinski definition) is 4. The maximum atomic E-state index is 15.4. The highest BCUT2D eigenvalue weighted by atomic mass is 127. The van der Waals surface area contributed by atoms with Crippen LogP contribution in [0.1, 0.15) is 61.1 Å². The SMILES string of the molecule is C[C@]12C[C@H](c3ccc(OCCI)cc3)[C@@H]3c4ccc(OS(=O)(=O)C(F)(F)C(F)(F)C(F)(F)C(F)(F)F)cc4CC[C@H]3[C@@H]1CC[C@H]2F. The van der Waals surface area contributed by atoms with Crippen LogP contribution in [-0.2, 0) is 16.5 Å². The Labute approximate surface area is 272 Å². The molecule has 3 aliphatic rings. The second-order valence-corrected chi connectivity index (χ2v) is 15.0. The van der Waals surface area contributed by atoms with Gasteiger partial charge in [-0.15, -0.1) is 0 Å². The van der Waals surface area contributed by atoms with Gasteiger partial charge >= 0.3 is 33.4 Å². The zero-order chi connectivity index (χ0) is 34.1. The molecule has 256 valence electrons. The molecule has 0 aromatic heterocycles. The standard InChI is InChI=1S/C30H29F10IO4S/c1-26-15-22(16-2-5-18(6-3-16)44-13-12-41)25-20-9-7-19(14-17(20)4-8-21(25)23(26)10-11-24(26)31)45-46(42,43)30(39,40)28(34,35)27(32,33)29(36,37)38/h2-3,5-7,9,14,21-25H,4,8,10-13,15H2,1H3/t21-,22+,23-,24+,25+,26-/m0/s1. The quantitative estimate of drug-likeness (QED) is 0.110. The van der Waals surface area contributed by atoms with Gasteiger partial charge < -0.3 is 8.92 Å². The van der Waals surface area contributed by atoms with Gasteiger partial charge in [0.1, 0.15) is 17.7 Å². The Morgan fingerprint density at radius 3 is 2.13 bits per heavy atom. The lowest BCUT2D eigenvalue weighted by atomic mass is 9.51. The number of alkyl halides is 11. The normalized spacial score (nSPS) is 28.7. The van der Waals surface area contributed by atoms with E-state index >= 15 is 4.39 Å². The summed E-state index contributed by atoms with van der Waals surface area (Å²) in [5, 5.41) is -6.96. The van der Waals surface area contributed by atoms with Crippen LogP contribution in [0.25, 0.3) is 0 Å². The molecule has 16 heteroatoms. The first-order valence-electron chi connectivity index (χ1n) is 14.4. The van der Waals surface area contributed by atoms with Crippen molar-refractivity contribution < 1.29 is 61.2 Å². The maximum absolute atomic E-state index is 15.4. The summed E-state index contributed by atoms with van der Waals surface area (Å²) in [6.45, 7) is 2.44. The van der Waals surface area contributed by atoms with E-state index < -0.39 is 50.7 Å². The fourth-order valence-electron chi connectivity index (χ4n) is 7.67. The molecular formula is C30H29F10IO4S. The highest BCUT2D eigenvalue weighted by Crippen LogP contribution is 2.66. The van der Waals surface area contributed by atoms with E-state index in [0.29, 0.717) is 49.2 Å². The van der Waals surface area contributed by atoms with Crippen LogP contribution in [-0.4, -0.2) is 48.9 Å². The number of ether oxygens (including phenoxy) is 1.